The molecule has 0 aromatic heterocycles. The summed E-state index contributed by atoms with van der Waals surface area (Å²) in [4.78, 5) is 12.6. The fraction of sp³-hybridized carbons (Fsp3) is 0.960. The quantitative estimate of drug-likeness (QED) is 0.214. The van der Waals surface area contributed by atoms with Crippen LogP contribution in [0.5, 0.6) is 0 Å². The summed E-state index contributed by atoms with van der Waals surface area (Å²) in [6.45, 7) is 8.94. The molecule has 2 nitrogen and oxygen atoms in total. The van der Waals surface area contributed by atoms with Gasteiger partial charge in [0.2, 0.25) is 0 Å². The van der Waals surface area contributed by atoms with Crippen molar-refractivity contribution in [3.8, 4) is 0 Å². The predicted octanol–water partition coefficient (Wildman–Crippen LogP) is 8.78. The molecule has 0 aliphatic carbocycles. The molecule has 0 amide bonds. The van der Waals surface area contributed by atoms with Crippen LogP contribution in [0, 0.1) is 11.3 Å². The highest BCUT2D eigenvalue weighted by Crippen LogP contribution is 2.44. The second-order valence-electron chi connectivity index (χ2n) is 8.77. The van der Waals surface area contributed by atoms with Gasteiger partial charge in [-0.2, -0.15) is 0 Å². The number of carbonyl (C=O) groups is 1. The van der Waals surface area contributed by atoms with Crippen LogP contribution in [0.15, 0.2) is 0 Å². The number of carboxylic acid groups (broad SMARTS) is 1. The second-order valence-corrected chi connectivity index (χ2v) is 8.77. The van der Waals surface area contributed by atoms with Crippen LogP contribution in [0.4, 0.5) is 0 Å². The Bertz CT molecular complexity index is 325. The predicted molar refractivity (Wildman–Crippen MR) is 119 cm³/mol. The summed E-state index contributed by atoms with van der Waals surface area (Å²) in [7, 11) is 0. The van der Waals surface area contributed by atoms with Gasteiger partial charge in [0.25, 0.3) is 0 Å². The summed E-state index contributed by atoms with van der Waals surface area (Å²) in [5.41, 5.74) is -0.469. The lowest BCUT2D eigenvalue weighted by molar-refractivity contribution is -0.155. The minimum Gasteiger partial charge on any atom is -0.481 e. The second kappa shape index (κ2) is 17.6. The Labute approximate surface area is 170 Å². The lowest BCUT2D eigenvalue weighted by atomic mass is 9.65. The maximum atomic E-state index is 12.6. The average molecular weight is 383 g/mol. The van der Waals surface area contributed by atoms with Crippen molar-refractivity contribution >= 4 is 5.97 Å². The van der Waals surface area contributed by atoms with E-state index in [9.17, 15) is 9.90 Å². The number of hydrogen-bond acceptors (Lipinski definition) is 1. The Morgan fingerprint density at radius 1 is 0.630 bits per heavy atom. The lowest BCUT2D eigenvalue weighted by Crippen LogP contribution is -2.39. The van der Waals surface area contributed by atoms with E-state index >= 15 is 0 Å². The van der Waals surface area contributed by atoms with Crippen LogP contribution in [-0.4, -0.2) is 11.1 Å². The first-order chi connectivity index (χ1) is 13.1. The highest BCUT2D eigenvalue weighted by molar-refractivity contribution is 5.75. The van der Waals surface area contributed by atoms with E-state index in [4.69, 9.17) is 0 Å². The van der Waals surface area contributed by atoms with Crippen LogP contribution >= 0.6 is 0 Å². The van der Waals surface area contributed by atoms with Gasteiger partial charge in [-0.25, -0.2) is 0 Å². The average Bonchev–Trinajstić information content (AvgIpc) is 2.66. The summed E-state index contributed by atoms with van der Waals surface area (Å²) in [6.07, 6.45) is 20.8. The topological polar surface area (TPSA) is 37.3 Å². The SMILES string of the molecule is CCCCCCC(CCCC)C(CCCCCC)(CCCCCC)C(=O)O. The third kappa shape index (κ3) is 11.2. The molecule has 0 aromatic carbocycles. The summed E-state index contributed by atoms with van der Waals surface area (Å²) in [6, 6.07) is 0. The first-order valence-electron chi connectivity index (χ1n) is 12.3. The van der Waals surface area contributed by atoms with Gasteiger partial charge in [0.1, 0.15) is 0 Å². The van der Waals surface area contributed by atoms with Gasteiger partial charge in [0.15, 0.2) is 0 Å². The van der Waals surface area contributed by atoms with E-state index in [2.05, 4.69) is 27.7 Å². The maximum absolute atomic E-state index is 12.6. The Hall–Kier alpha value is -0.530. The largest absolute Gasteiger partial charge is 0.481 e. The van der Waals surface area contributed by atoms with Crippen molar-refractivity contribution in [2.24, 2.45) is 11.3 Å². The smallest absolute Gasteiger partial charge is 0.309 e. The number of unbranched alkanes of at least 4 members (excludes halogenated alkanes) is 10. The Balaban J connectivity index is 5.23. The number of rotatable bonds is 20. The molecule has 1 atom stereocenters. The molecule has 0 saturated carbocycles. The van der Waals surface area contributed by atoms with E-state index < -0.39 is 11.4 Å². The summed E-state index contributed by atoms with van der Waals surface area (Å²) in [5, 5.41) is 10.4. The van der Waals surface area contributed by atoms with E-state index in [-0.39, 0.29) is 0 Å². The van der Waals surface area contributed by atoms with Gasteiger partial charge in [-0.15, -0.1) is 0 Å². The van der Waals surface area contributed by atoms with Crippen LogP contribution in [-0.2, 0) is 4.79 Å². The highest BCUT2D eigenvalue weighted by atomic mass is 16.4. The van der Waals surface area contributed by atoms with Gasteiger partial charge in [-0.05, 0) is 31.6 Å². The van der Waals surface area contributed by atoms with Gasteiger partial charge >= 0.3 is 5.97 Å². The maximum Gasteiger partial charge on any atom is 0.309 e. The molecule has 0 aliphatic rings. The monoisotopic (exact) mass is 382 g/mol. The van der Waals surface area contributed by atoms with Crippen molar-refractivity contribution in [3.63, 3.8) is 0 Å². The normalized spacial score (nSPS) is 13.0. The van der Waals surface area contributed by atoms with E-state index in [0.717, 1.165) is 38.5 Å². The Kier molecular flexibility index (Phi) is 17.2. The zero-order chi connectivity index (χ0) is 20.4. The molecule has 0 rings (SSSR count). The number of carboxylic acids is 1. The van der Waals surface area contributed by atoms with Crippen molar-refractivity contribution in [3.05, 3.63) is 0 Å². The minimum atomic E-state index is -0.493. The molecule has 2 heteroatoms. The first kappa shape index (κ1) is 26.5. The van der Waals surface area contributed by atoms with Crippen molar-refractivity contribution in [2.75, 3.05) is 0 Å². The van der Waals surface area contributed by atoms with Crippen LogP contribution in [0.25, 0.3) is 0 Å². The van der Waals surface area contributed by atoms with Crippen LogP contribution < -0.4 is 0 Å². The van der Waals surface area contributed by atoms with Gasteiger partial charge in [0.05, 0.1) is 5.41 Å². The minimum absolute atomic E-state index is 0.370. The zero-order valence-corrected chi connectivity index (χ0v) is 19.2. The third-order valence-electron chi connectivity index (χ3n) is 6.47. The van der Waals surface area contributed by atoms with Crippen LogP contribution in [0.1, 0.15) is 143 Å². The molecule has 0 aliphatic heterocycles. The van der Waals surface area contributed by atoms with Gasteiger partial charge < -0.3 is 5.11 Å². The molecule has 0 aromatic rings. The van der Waals surface area contributed by atoms with Crippen LogP contribution in [0.3, 0.4) is 0 Å². The van der Waals surface area contributed by atoms with E-state index in [1.807, 2.05) is 0 Å². The number of aliphatic carboxylic acids is 1. The molecule has 0 radical (unpaired) electrons. The fourth-order valence-corrected chi connectivity index (χ4v) is 4.62. The Morgan fingerprint density at radius 3 is 1.44 bits per heavy atom. The fourth-order valence-electron chi connectivity index (χ4n) is 4.62. The van der Waals surface area contributed by atoms with Gasteiger partial charge in [0, 0.05) is 0 Å². The van der Waals surface area contributed by atoms with E-state index in [1.54, 1.807) is 0 Å². The van der Waals surface area contributed by atoms with Crippen molar-refractivity contribution in [2.45, 2.75) is 143 Å². The van der Waals surface area contributed by atoms with E-state index in [0.29, 0.717) is 5.92 Å². The molecular weight excluding hydrogens is 332 g/mol. The van der Waals surface area contributed by atoms with Crippen molar-refractivity contribution < 1.29 is 9.90 Å². The molecule has 0 saturated heterocycles. The zero-order valence-electron chi connectivity index (χ0n) is 19.2. The lowest BCUT2D eigenvalue weighted by Gasteiger charge is -2.38. The molecule has 162 valence electrons. The highest BCUT2D eigenvalue weighted by Gasteiger charge is 2.43. The summed E-state index contributed by atoms with van der Waals surface area (Å²) < 4.78 is 0. The number of hydrogen-bond donors (Lipinski definition) is 1. The molecule has 1 N–H and O–H groups in total. The Morgan fingerprint density at radius 2 is 1.04 bits per heavy atom. The standard InChI is InChI=1S/C25H50O2/c1-5-9-13-16-20-23(19-12-8-4)25(24(26)27,21-17-14-10-6-2)22-18-15-11-7-3/h23H,5-22H2,1-4H3,(H,26,27). The van der Waals surface area contributed by atoms with Gasteiger partial charge in [-0.3, -0.25) is 4.79 Å². The molecular formula is C25H50O2. The van der Waals surface area contributed by atoms with Gasteiger partial charge in [-0.1, -0.05) is 118 Å². The summed E-state index contributed by atoms with van der Waals surface area (Å²) >= 11 is 0. The van der Waals surface area contributed by atoms with E-state index in [1.165, 1.54) is 77.0 Å². The first-order valence-corrected chi connectivity index (χ1v) is 12.3. The van der Waals surface area contributed by atoms with Crippen molar-refractivity contribution in [1.82, 2.24) is 0 Å². The molecule has 0 heterocycles. The molecule has 0 spiro atoms. The molecule has 27 heavy (non-hydrogen) atoms. The molecule has 0 bridgehead atoms. The van der Waals surface area contributed by atoms with Crippen LogP contribution in [0.2, 0.25) is 0 Å². The molecule has 0 fully saturated rings. The summed E-state index contributed by atoms with van der Waals surface area (Å²) in [5.74, 6) is -0.123. The van der Waals surface area contributed by atoms with Crippen molar-refractivity contribution in [1.29, 1.82) is 0 Å². The molecule has 1 unspecified atom stereocenters. The third-order valence-corrected chi connectivity index (χ3v) is 6.47.